The van der Waals surface area contributed by atoms with Crippen molar-refractivity contribution < 1.29 is 4.42 Å². The fourth-order valence-corrected chi connectivity index (χ4v) is 1.85. The van der Waals surface area contributed by atoms with Crippen molar-refractivity contribution in [1.29, 1.82) is 0 Å². The van der Waals surface area contributed by atoms with Crippen LogP contribution in [0.1, 0.15) is 5.69 Å². The van der Waals surface area contributed by atoms with Gasteiger partial charge < -0.3 is 10.2 Å². The zero-order chi connectivity index (χ0) is 10.3. The van der Waals surface area contributed by atoms with E-state index >= 15 is 0 Å². The second kappa shape index (κ2) is 3.07. The van der Waals surface area contributed by atoms with Crippen LogP contribution in [0.2, 0.25) is 0 Å². The minimum Gasteiger partial charge on any atom is -0.454 e. The first kappa shape index (κ1) is 8.44. The van der Waals surface area contributed by atoms with Gasteiger partial charge in [0.1, 0.15) is 5.58 Å². The summed E-state index contributed by atoms with van der Waals surface area (Å²) in [5.41, 5.74) is 8.12. The lowest BCUT2D eigenvalue weighted by molar-refractivity contribution is 0.658. The minimum absolute atomic E-state index is 0.400. The summed E-state index contributed by atoms with van der Waals surface area (Å²) in [7, 11) is 0. The van der Waals surface area contributed by atoms with Gasteiger partial charge in [-0.15, -0.1) is 0 Å². The molecule has 0 unspecified atom stereocenters. The molecule has 0 bridgehead atoms. The van der Waals surface area contributed by atoms with Gasteiger partial charge in [0.05, 0.1) is 5.69 Å². The predicted molar refractivity (Wildman–Crippen MR) is 59.4 cm³/mol. The molecule has 3 rings (SSSR count). The van der Waals surface area contributed by atoms with Gasteiger partial charge in [0, 0.05) is 23.5 Å². The highest BCUT2D eigenvalue weighted by Gasteiger charge is 2.09. The highest BCUT2D eigenvalue weighted by atomic mass is 16.3. The van der Waals surface area contributed by atoms with Crippen molar-refractivity contribution in [2.24, 2.45) is 5.73 Å². The third-order valence-corrected chi connectivity index (χ3v) is 2.56. The summed E-state index contributed by atoms with van der Waals surface area (Å²) in [6.07, 6.45) is 1.77. The Kier molecular flexibility index (Phi) is 1.73. The van der Waals surface area contributed by atoms with E-state index in [0.717, 1.165) is 27.6 Å². The molecule has 3 aromatic rings. The molecule has 0 spiro atoms. The number of fused-ring (bicyclic) bond motifs is 3. The van der Waals surface area contributed by atoms with Gasteiger partial charge in [0.15, 0.2) is 5.58 Å². The molecule has 0 radical (unpaired) electrons. The number of nitrogens with two attached hydrogens (primary N) is 1. The second-order valence-electron chi connectivity index (χ2n) is 3.44. The van der Waals surface area contributed by atoms with Crippen LogP contribution in [0, 0.1) is 0 Å². The maximum absolute atomic E-state index is 5.73. The molecule has 2 heterocycles. The number of hydrogen-bond donors (Lipinski definition) is 1. The normalized spacial score (nSPS) is 11.3. The molecule has 0 amide bonds. The van der Waals surface area contributed by atoms with Crippen LogP contribution in [0.25, 0.3) is 21.9 Å². The molecule has 1 aromatic carbocycles. The van der Waals surface area contributed by atoms with Crippen LogP contribution in [-0.2, 0) is 6.54 Å². The molecule has 0 aliphatic heterocycles. The van der Waals surface area contributed by atoms with Crippen LogP contribution >= 0.6 is 0 Å². The minimum atomic E-state index is 0.400. The molecule has 0 fully saturated rings. The lowest BCUT2D eigenvalue weighted by atomic mass is 10.1. The average Bonchev–Trinajstić information content (AvgIpc) is 2.67. The van der Waals surface area contributed by atoms with Crippen molar-refractivity contribution >= 4 is 21.9 Å². The third-order valence-electron chi connectivity index (χ3n) is 2.56. The smallest absolute Gasteiger partial charge is 0.158 e. The molecular formula is C12H10N2O. The van der Waals surface area contributed by atoms with E-state index in [2.05, 4.69) is 4.98 Å². The standard InChI is InChI=1S/C12H10N2O/c13-7-10-12-9(5-6-14-10)8-3-1-2-4-11(8)15-12/h1-6H,7,13H2. The van der Waals surface area contributed by atoms with Crippen molar-refractivity contribution in [1.82, 2.24) is 4.98 Å². The van der Waals surface area contributed by atoms with E-state index in [1.807, 2.05) is 30.3 Å². The largest absolute Gasteiger partial charge is 0.454 e. The Morgan fingerprint density at radius 2 is 2.00 bits per heavy atom. The lowest BCUT2D eigenvalue weighted by Gasteiger charge is -1.94. The molecule has 3 nitrogen and oxygen atoms in total. The zero-order valence-corrected chi connectivity index (χ0v) is 8.10. The van der Waals surface area contributed by atoms with Crippen LogP contribution in [-0.4, -0.2) is 4.98 Å². The number of nitrogens with zero attached hydrogens (tertiary/aromatic N) is 1. The van der Waals surface area contributed by atoms with Crippen molar-refractivity contribution in [3.05, 3.63) is 42.2 Å². The Balaban J connectivity index is 2.53. The van der Waals surface area contributed by atoms with E-state index in [0.29, 0.717) is 6.54 Å². The number of para-hydroxylation sites is 1. The number of pyridine rings is 1. The van der Waals surface area contributed by atoms with Gasteiger partial charge in [0.2, 0.25) is 0 Å². The SMILES string of the molecule is NCc1nccc2c1oc1ccccc12. The van der Waals surface area contributed by atoms with Crippen molar-refractivity contribution in [3.63, 3.8) is 0 Å². The van der Waals surface area contributed by atoms with Gasteiger partial charge in [-0.2, -0.15) is 0 Å². The summed E-state index contributed by atoms with van der Waals surface area (Å²) in [5.74, 6) is 0. The van der Waals surface area contributed by atoms with Crippen LogP contribution < -0.4 is 5.73 Å². The molecule has 0 aliphatic rings. The predicted octanol–water partition coefficient (Wildman–Crippen LogP) is 2.44. The molecule has 2 aromatic heterocycles. The van der Waals surface area contributed by atoms with Crippen LogP contribution in [0.4, 0.5) is 0 Å². The number of benzene rings is 1. The van der Waals surface area contributed by atoms with Crippen LogP contribution in [0.5, 0.6) is 0 Å². The molecule has 74 valence electrons. The maximum Gasteiger partial charge on any atom is 0.158 e. The Morgan fingerprint density at radius 1 is 1.13 bits per heavy atom. The first-order valence-corrected chi connectivity index (χ1v) is 4.85. The first-order chi connectivity index (χ1) is 7.40. The van der Waals surface area contributed by atoms with Gasteiger partial charge in [-0.1, -0.05) is 18.2 Å². The topological polar surface area (TPSA) is 52.0 Å². The molecule has 3 heteroatoms. The van der Waals surface area contributed by atoms with E-state index in [1.54, 1.807) is 6.20 Å². The molecule has 2 N–H and O–H groups in total. The summed E-state index contributed by atoms with van der Waals surface area (Å²) in [5, 5.41) is 2.20. The van der Waals surface area contributed by atoms with Crippen molar-refractivity contribution in [2.75, 3.05) is 0 Å². The van der Waals surface area contributed by atoms with E-state index < -0.39 is 0 Å². The van der Waals surface area contributed by atoms with Gasteiger partial charge in [0.25, 0.3) is 0 Å². The summed E-state index contributed by atoms with van der Waals surface area (Å²) in [6, 6.07) is 9.91. The third kappa shape index (κ3) is 1.13. The second-order valence-corrected chi connectivity index (χ2v) is 3.44. The van der Waals surface area contributed by atoms with E-state index in [9.17, 15) is 0 Å². The number of aromatic nitrogens is 1. The summed E-state index contributed by atoms with van der Waals surface area (Å²) >= 11 is 0. The number of furan rings is 1. The van der Waals surface area contributed by atoms with Gasteiger partial charge in [-0.05, 0) is 12.1 Å². The van der Waals surface area contributed by atoms with E-state index in [-0.39, 0.29) is 0 Å². The lowest BCUT2D eigenvalue weighted by Crippen LogP contribution is -1.98. The fourth-order valence-electron chi connectivity index (χ4n) is 1.85. The fraction of sp³-hybridized carbons (Fsp3) is 0.0833. The van der Waals surface area contributed by atoms with Gasteiger partial charge in [-0.3, -0.25) is 4.98 Å². The average molecular weight is 198 g/mol. The Morgan fingerprint density at radius 3 is 2.87 bits per heavy atom. The highest BCUT2D eigenvalue weighted by molar-refractivity contribution is 6.05. The van der Waals surface area contributed by atoms with E-state index in [1.165, 1.54) is 0 Å². The quantitative estimate of drug-likeness (QED) is 0.653. The molecule has 0 saturated carbocycles. The number of rotatable bonds is 1. The molecule has 0 saturated heterocycles. The summed E-state index contributed by atoms with van der Waals surface area (Å²) < 4.78 is 5.73. The Hall–Kier alpha value is -1.87. The summed E-state index contributed by atoms with van der Waals surface area (Å²) in [4.78, 5) is 4.20. The number of hydrogen-bond acceptors (Lipinski definition) is 3. The molecular weight excluding hydrogens is 188 g/mol. The van der Waals surface area contributed by atoms with Gasteiger partial charge in [-0.25, -0.2) is 0 Å². The maximum atomic E-state index is 5.73. The zero-order valence-electron chi connectivity index (χ0n) is 8.10. The van der Waals surface area contributed by atoms with Crippen molar-refractivity contribution in [2.45, 2.75) is 6.54 Å². The molecule has 0 atom stereocenters. The highest BCUT2D eigenvalue weighted by Crippen LogP contribution is 2.29. The molecule has 15 heavy (non-hydrogen) atoms. The van der Waals surface area contributed by atoms with Crippen LogP contribution in [0.3, 0.4) is 0 Å². The molecule has 0 aliphatic carbocycles. The Bertz CT molecular complexity index is 628. The summed E-state index contributed by atoms with van der Waals surface area (Å²) in [6.45, 7) is 0.400. The van der Waals surface area contributed by atoms with Crippen molar-refractivity contribution in [3.8, 4) is 0 Å². The first-order valence-electron chi connectivity index (χ1n) is 4.85. The van der Waals surface area contributed by atoms with Gasteiger partial charge >= 0.3 is 0 Å². The van der Waals surface area contributed by atoms with Crippen LogP contribution in [0.15, 0.2) is 40.9 Å². The van der Waals surface area contributed by atoms with E-state index in [4.69, 9.17) is 10.2 Å². The Labute approximate surface area is 86.5 Å². The monoisotopic (exact) mass is 198 g/mol.